The van der Waals surface area contributed by atoms with Crippen LogP contribution in [0.4, 0.5) is 5.69 Å². The number of anilines is 1. The molecule has 5 nitrogen and oxygen atoms in total. The summed E-state index contributed by atoms with van der Waals surface area (Å²) in [5.74, 6) is 0.568. The summed E-state index contributed by atoms with van der Waals surface area (Å²) in [6.07, 6.45) is 3.98. The maximum Gasteiger partial charge on any atom is 0.250 e. The molecule has 2 rings (SSSR count). The van der Waals surface area contributed by atoms with Gasteiger partial charge >= 0.3 is 0 Å². The minimum atomic E-state index is -0.145. The fourth-order valence-corrected chi connectivity index (χ4v) is 2.35. The Hall–Kier alpha value is -1.59. The molecule has 0 heterocycles. The van der Waals surface area contributed by atoms with Crippen LogP contribution >= 0.6 is 0 Å². The van der Waals surface area contributed by atoms with Crippen molar-refractivity contribution in [3.05, 3.63) is 24.3 Å². The van der Waals surface area contributed by atoms with Gasteiger partial charge in [-0.25, -0.2) is 0 Å². The first-order chi connectivity index (χ1) is 9.67. The monoisotopic (exact) mass is 278 g/mol. The van der Waals surface area contributed by atoms with Crippen LogP contribution in [0.25, 0.3) is 0 Å². The van der Waals surface area contributed by atoms with Crippen LogP contribution in [-0.4, -0.2) is 31.8 Å². The summed E-state index contributed by atoms with van der Waals surface area (Å²) >= 11 is 0. The van der Waals surface area contributed by atoms with E-state index < -0.39 is 0 Å². The van der Waals surface area contributed by atoms with Gasteiger partial charge in [0.25, 0.3) is 0 Å². The molecule has 0 aliphatic heterocycles. The molecule has 1 aromatic rings. The molecule has 1 fully saturated rings. The second kappa shape index (κ2) is 7.26. The number of rotatable bonds is 5. The van der Waals surface area contributed by atoms with Crippen molar-refractivity contribution in [3.8, 4) is 5.75 Å². The van der Waals surface area contributed by atoms with E-state index in [4.69, 9.17) is 15.2 Å². The topological polar surface area (TPSA) is 73.6 Å². The minimum absolute atomic E-state index is 0.0805. The summed E-state index contributed by atoms with van der Waals surface area (Å²) in [4.78, 5) is 11.8. The Labute approximate surface area is 119 Å². The maximum absolute atomic E-state index is 11.8. The van der Waals surface area contributed by atoms with Crippen LogP contribution in [-0.2, 0) is 9.53 Å². The summed E-state index contributed by atoms with van der Waals surface area (Å²) in [5.41, 5.74) is 6.55. The lowest BCUT2D eigenvalue weighted by molar-refractivity contribution is -0.123. The zero-order valence-corrected chi connectivity index (χ0v) is 11.8. The van der Waals surface area contributed by atoms with Crippen LogP contribution in [0.2, 0.25) is 0 Å². The third kappa shape index (κ3) is 4.51. The fourth-order valence-electron chi connectivity index (χ4n) is 2.35. The Bertz CT molecular complexity index is 442. The lowest BCUT2D eigenvalue weighted by Gasteiger charge is -2.25. The first-order valence-corrected chi connectivity index (χ1v) is 6.98. The smallest absolute Gasteiger partial charge is 0.250 e. The molecule has 1 amide bonds. The molecular formula is C15H22N2O3. The quantitative estimate of drug-likeness (QED) is 0.863. The number of nitrogens with one attached hydrogen (secondary N) is 1. The van der Waals surface area contributed by atoms with E-state index in [1.54, 1.807) is 13.2 Å². The third-order valence-corrected chi connectivity index (χ3v) is 3.52. The second-order valence-electron chi connectivity index (χ2n) is 5.13. The van der Waals surface area contributed by atoms with Crippen LogP contribution in [0.5, 0.6) is 5.75 Å². The standard InChI is InChI=1S/C15H22N2O3/c1-19-14-4-2-3-12(9-14)17-15(18)10-20-13-7-5-11(16)6-8-13/h2-4,9,11,13H,5-8,10,16H2,1H3,(H,17,18). The third-order valence-electron chi connectivity index (χ3n) is 3.52. The lowest BCUT2D eigenvalue weighted by Crippen LogP contribution is -2.32. The van der Waals surface area contributed by atoms with E-state index in [0.29, 0.717) is 17.5 Å². The zero-order valence-electron chi connectivity index (χ0n) is 11.8. The van der Waals surface area contributed by atoms with E-state index in [-0.39, 0.29) is 18.6 Å². The van der Waals surface area contributed by atoms with Crippen molar-refractivity contribution in [1.82, 2.24) is 0 Å². The number of amides is 1. The van der Waals surface area contributed by atoms with Crippen LogP contribution in [0.15, 0.2) is 24.3 Å². The van der Waals surface area contributed by atoms with Crippen molar-refractivity contribution >= 4 is 11.6 Å². The number of benzene rings is 1. The maximum atomic E-state index is 11.8. The van der Waals surface area contributed by atoms with E-state index in [2.05, 4.69) is 5.32 Å². The van der Waals surface area contributed by atoms with Gasteiger partial charge in [0.1, 0.15) is 12.4 Å². The second-order valence-corrected chi connectivity index (χ2v) is 5.13. The number of hydrogen-bond donors (Lipinski definition) is 2. The zero-order chi connectivity index (χ0) is 14.4. The van der Waals surface area contributed by atoms with E-state index in [0.717, 1.165) is 25.7 Å². The van der Waals surface area contributed by atoms with Gasteiger partial charge < -0.3 is 20.5 Å². The predicted octanol–water partition coefficient (Wildman–Crippen LogP) is 1.92. The first kappa shape index (κ1) is 14.8. The molecule has 0 spiro atoms. The number of ether oxygens (including phenoxy) is 2. The largest absolute Gasteiger partial charge is 0.497 e. The Morgan fingerprint density at radius 3 is 2.80 bits per heavy atom. The van der Waals surface area contributed by atoms with Crippen molar-refractivity contribution in [1.29, 1.82) is 0 Å². The predicted molar refractivity (Wildman–Crippen MR) is 77.8 cm³/mol. The molecule has 20 heavy (non-hydrogen) atoms. The molecule has 0 bridgehead atoms. The highest BCUT2D eigenvalue weighted by molar-refractivity contribution is 5.91. The molecule has 5 heteroatoms. The fraction of sp³-hybridized carbons (Fsp3) is 0.533. The van der Waals surface area contributed by atoms with Crippen LogP contribution in [0.3, 0.4) is 0 Å². The van der Waals surface area contributed by atoms with Gasteiger partial charge in [-0.2, -0.15) is 0 Å². The molecule has 1 saturated carbocycles. The SMILES string of the molecule is COc1cccc(NC(=O)COC2CCC(N)CC2)c1. The number of methoxy groups -OCH3 is 1. The van der Waals surface area contributed by atoms with Gasteiger partial charge in [-0.3, -0.25) is 4.79 Å². The van der Waals surface area contributed by atoms with Gasteiger partial charge in [0.05, 0.1) is 13.2 Å². The summed E-state index contributed by atoms with van der Waals surface area (Å²) in [5, 5.41) is 2.80. The van der Waals surface area contributed by atoms with Gasteiger partial charge in [-0.05, 0) is 37.8 Å². The van der Waals surface area contributed by atoms with Gasteiger partial charge in [-0.1, -0.05) is 6.07 Å². The molecule has 0 saturated heterocycles. The Balaban J connectivity index is 1.74. The van der Waals surface area contributed by atoms with Crippen LogP contribution in [0.1, 0.15) is 25.7 Å². The van der Waals surface area contributed by atoms with E-state index >= 15 is 0 Å². The Kier molecular flexibility index (Phi) is 5.38. The highest BCUT2D eigenvalue weighted by atomic mass is 16.5. The molecule has 0 unspecified atom stereocenters. The number of nitrogens with two attached hydrogens (primary N) is 1. The van der Waals surface area contributed by atoms with Gasteiger partial charge in [0, 0.05) is 17.8 Å². The molecule has 3 N–H and O–H groups in total. The normalized spacial score (nSPS) is 22.3. The van der Waals surface area contributed by atoms with E-state index in [1.165, 1.54) is 0 Å². The molecular weight excluding hydrogens is 256 g/mol. The average Bonchev–Trinajstić information content (AvgIpc) is 2.47. The van der Waals surface area contributed by atoms with Gasteiger partial charge in [-0.15, -0.1) is 0 Å². The average molecular weight is 278 g/mol. The molecule has 1 aliphatic carbocycles. The molecule has 0 radical (unpaired) electrons. The van der Waals surface area contributed by atoms with Crippen LogP contribution < -0.4 is 15.8 Å². The molecule has 1 aliphatic rings. The Morgan fingerprint density at radius 1 is 1.35 bits per heavy atom. The molecule has 110 valence electrons. The van der Waals surface area contributed by atoms with Gasteiger partial charge in [0.2, 0.25) is 5.91 Å². The minimum Gasteiger partial charge on any atom is -0.497 e. The Morgan fingerprint density at radius 2 is 2.10 bits per heavy atom. The summed E-state index contributed by atoms with van der Waals surface area (Å²) in [6, 6.07) is 7.55. The highest BCUT2D eigenvalue weighted by Gasteiger charge is 2.19. The summed E-state index contributed by atoms with van der Waals surface area (Å²) < 4.78 is 10.7. The van der Waals surface area contributed by atoms with Gasteiger partial charge in [0.15, 0.2) is 0 Å². The summed E-state index contributed by atoms with van der Waals surface area (Å²) in [6.45, 7) is 0.0805. The molecule has 0 atom stereocenters. The van der Waals surface area contributed by atoms with Crippen molar-refractivity contribution in [2.24, 2.45) is 5.73 Å². The van der Waals surface area contributed by atoms with E-state index in [1.807, 2.05) is 18.2 Å². The van der Waals surface area contributed by atoms with E-state index in [9.17, 15) is 4.79 Å². The number of carbonyl (C=O) groups is 1. The van der Waals surface area contributed by atoms with Crippen molar-refractivity contribution in [3.63, 3.8) is 0 Å². The molecule has 1 aromatic carbocycles. The first-order valence-electron chi connectivity index (χ1n) is 6.98. The van der Waals surface area contributed by atoms with Crippen molar-refractivity contribution in [2.45, 2.75) is 37.8 Å². The highest BCUT2D eigenvalue weighted by Crippen LogP contribution is 2.20. The van der Waals surface area contributed by atoms with Crippen molar-refractivity contribution in [2.75, 3.05) is 19.0 Å². The van der Waals surface area contributed by atoms with Crippen molar-refractivity contribution < 1.29 is 14.3 Å². The molecule has 0 aromatic heterocycles. The number of hydrogen-bond acceptors (Lipinski definition) is 4. The number of carbonyl (C=O) groups excluding carboxylic acids is 1. The summed E-state index contributed by atoms with van der Waals surface area (Å²) in [7, 11) is 1.60. The van der Waals surface area contributed by atoms with Crippen LogP contribution in [0, 0.1) is 0 Å². The lowest BCUT2D eigenvalue weighted by atomic mass is 9.94.